The maximum absolute atomic E-state index is 13.7. The second kappa shape index (κ2) is 5.82. The van der Waals surface area contributed by atoms with Crippen LogP contribution in [0.15, 0.2) is 36.4 Å². The minimum absolute atomic E-state index is 0.0683. The highest BCUT2D eigenvalue weighted by atomic mass is 19.1. The summed E-state index contributed by atoms with van der Waals surface area (Å²) in [5.74, 6) is -1.04. The number of Topliss-reactive ketones (excluding diaryl/α,β-unsaturated/α-hetero) is 1. The molecule has 0 aromatic heterocycles. The van der Waals surface area contributed by atoms with Crippen molar-refractivity contribution in [3.05, 3.63) is 64.7 Å². The van der Waals surface area contributed by atoms with Crippen LogP contribution >= 0.6 is 0 Å². The lowest BCUT2D eigenvalue weighted by Gasteiger charge is -2.10. The minimum atomic E-state index is -0.586. The van der Waals surface area contributed by atoms with Crippen molar-refractivity contribution in [2.24, 2.45) is 0 Å². The highest BCUT2D eigenvalue weighted by Gasteiger charge is 2.08. The van der Waals surface area contributed by atoms with E-state index < -0.39 is 5.82 Å². The van der Waals surface area contributed by atoms with Crippen LogP contribution in [0, 0.1) is 18.6 Å². The van der Waals surface area contributed by atoms with E-state index in [4.69, 9.17) is 4.74 Å². The van der Waals surface area contributed by atoms with E-state index in [1.165, 1.54) is 31.2 Å². The number of carbonyl (C=O) groups excluding carboxylic acids is 1. The third-order valence-corrected chi connectivity index (χ3v) is 3.03. The van der Waals surface area contributed by atoms with Crippen LogP contribution in [-0.2, 0) is 6.61 Å². The summed E-state index contributed by atoms with van der Waals surface area (Å²) in [6.07, 6.45) is 0. The average Bonchev–Trinajstić information content (AvgIpc) is 2.38. The Balaban J connectivity index is 2.13. The molecule has 0 fully saturated rings. The van der Waals surface area contributed by atoms with Gasteiger partial charge in [0.1, 0.15) is 12.4 Å². The molecule has 0 N–H and O–H groups in total. The van der Waals surface area contributed by atoms with E-state index in [-0.39, 0.29) is 24.0 Å². The highest BCUT2D eigenvalue weighted by Crippen LogP contribution is 2.21. The van der Waals surface area contributed by atoms with Crippen molar-refractivity contribution in [2.75, 3.05) is 0 Å². The molecule has 20 heavy (non-hydrogen) atoms. The number of halogens is 2. The maximum Gasteiger partial charge on any atom is 0.165 e. The molecule has 0 unspecified atom stereocenters. The summed E-state index contributed by atoms with van der Waals surface area (Å²) in [5, 5.41) is 0. The van der Waals surface area contributed by atoms with Crippen molar-refractivity contribution < 1.29 is 18.3 Å². The van der Waals surface area contributed by atoms with Crippen molar-refractivity contribution in [1.82, 2.24) is 0 Å². The zero-order valence-corrected chi connectivity index (χ0v) is 11.2. The van der Waals surface area contributed by atoms with Gasteiger partial charge in [-0.2, -0.15) is 0 Å². The minimum Gasteiger partial charge on any atom is -0.486 e. The van der Waals surface area contributed by atoms with Gasteiger partial charge in [-0.15, -0.1) is 0 Å². The van der Waals surface area contributed by atoms with Crippen LogP contribution in [0.1, 0.15) is 28.4 Å². The van der Waals surface area contributed by atoms with E-state index in [9.17, 15) is 13.6 Å². The van der Waals surface area contributed by atoms with Gasteiger partial charge in [-0.25, -0.2) is 8.78 Å². The summed E-state index contributed by atoms with van der Waals surface area (Å²) in [5.41, 5.74) is 1.82. The van der Waals surface area contributed by atoms with Gasteiger partial charge >= 0.3 is 0 Å². The average molecular weight is 276 g/mol. The molecule has 0 saturated carbocycles. The number of rotatable bonds is 4. The number of aryl methyl sites for hydroxylation is 1. The Morgan fingerprint density at radius 3 is 2.50 bits per heavy atom. The van der Waals surface area contributed by atoms with E-state index in [0.29, 0.717) is 5.56 Å². The summed E-state index contributed by atoms with van der Waals surface area (Å²) in [6, 6.07) is 8.42. The summed E-state index contributed by atoms with van der Waals surface area (Å²) in [7, 11) is 0. The molecule has 0 heterocycles. The van der Waals surface area contributed by atoms with Gasteiger partial charge in [0.05, 0.1) is 0 Å². The molecule has 0 aliphatic rings. The fourth-order valence-corrected chi connectivity index (χ4v) is 1.81. The van der Waals surface area contributed by atoms with E-state index in [2.05, 4.69) is 0 Å². The van der Waals surface area contributed by atoms with Crippen molar-refractivity contribution in [3.63, 3.8) is 0 Å². The van der Waals surface area contributed by atoms with Gasteiger partial charge < -0.3 is 4.74 Å². The van der Waals surface area contributed by atoms with Crippen LogP contribution < -0.4 is 4.74 Å². The lowest BCUT2D eigenvalue weighted by atomic mass is 10.1. The number of hydrogen-bond acceptors (Lipinski definition) is 2. The number of benzene rings is 2. The van der Waals surface area contributed by atoms with Gasteiger partial charge in [0.2, 0.25) is 0 Å². The van der Waals surface area contributed by atoms with Crippen LogP contribution in [0.5, 0.6) is 5.75 Å². The van der Waals surface area contributed by atoms with Crippen LogP contribution in [-0.4, -0.2) is 5.78 Å². The number of carbonyl (C=O) groups is 1. The summed E-state index contributed by atoms with van der Waals surface area (Å²) < 4.78 is 32.1. The van der Waals surface area contributed by atoms with Gasteiger partial charge in [0.25, 0.3) is 0 Å². The molecular weight excluding hydrogens is 262 g/mol. The Bertz CT molecular complexity index is 651. The van der Waals surface area contributed by atoms with Gasteiger partial charge in [0, 0.05) is 5.56 Å². The zero-order valence-electron chi connectivity index (χ0n) is 11.2. The fraction of sp³-hybridized carbons (Fsp3) is 0.188. The molecule has 104 valence electrons. The number of ether oxygens (including phenoxy) is 1. The summed E-state index contributed by atoms with van der Waals surface area (Å²) in [6.45, 7) is 3.27. The molecule has 0 radical (unpaired) electrons. The van der Waals surface area contributed by atoms with Gasteiger partial charge in [-0.05, 0) is 55.3 Å². The number of hydrogen-bond donors (Lipinski definition) is 0. The van der Waals surface area contributed by atoms with Crippen molar-refractivity contribution in [1.29, 1.82) is 0 Å². The molecule has 2 rings (SSSR count). The quantitative estimate of drug-likeness (QED) is 0.787. The number of ketones is 1. The van der Waals surface area contributed by atoms with E-state index >= 15 is 0 Å². The zero-order chi connectivity index (χ0) is 14.7. The van der Waals surface area contributed by atoms with Crippen LogP contribution in [0.4, 0.5) is 8.78 Å². The lowest BCUT2D eigenvalue weighted by molar-refractivity contribution is 0.101. The SMILES string of the molecule is CC(=O)c1ccc(OCc2ccc(F)cc2C)c(F)c1. The topological polar surface area (TPSA) is 26.3 Å². The van der Waals surface area contributed by atoms with Gasteiger partial charge in [-0.1, -0.05) is 6.07 Å². The molecule has 0 amide bonds. The first kappa shape index (κ1) is 14.2. The second-order valence-electron chi connectivity index (χ2n) is 4.56. The first-order chi connectivity index (χ1) is 9.47. The molecule has 0 atom stereocenters. The Kier molecular flexibility index (Phi) is 4.13. The molecule has 2 aromatic rings. The predicted octanol–water partition coefficient (Wildman–Crippen LogP) is 4.05. The molecule has 0 aliphatic carbocycles. The van der Waals surface area contributed by atoms with Crippen molar-refractivity contribution in [2.45, 2.75) is 20.5 Å². The molecule has 0 saturated heterocycles. The highest BCUT2D eigenvalue weighted by molar-refractivity contribution is 5.94. The maximum atomic E-state index is 13.7. The normalized spacial score (nSPS) is 10.4. The van der Waals surface area contributed by atoms with Crippen molar-refractivity contribution in [3.8, 4) is 5.75 Å². The van der Waals surface area contributed by atoms with Crippen LogP contribution in [0.25, 0.3) is 0 Å². The fourth-order valence-electron chi connectivity index (χ4n) is 1.81. The Hall–Kier alpha value is -2.23. The molecule has 0 aliphatic heterocycles. The summed E-state index contributed by atoms with van der Waals surface area (Å²) >= 11 is 0. The van der Waals surface area contributed by atoms with Gasteiger partial charge in [-0.3, -0.25) is 4.79 Å². The first-order valence-electron chi connectivity index (χ1n) is 6.15. The monoisotopic (exact) mass is 276 g/mol. The molecule has 2 nitrogen and oxygen atoms in total. The molecule has 0 bridgehead atoms. The Morgan fingerprint density at radius 2 is 1.90 bits per heavy atom. The third-order valence-electron chi connectivity index (χ3n) is 3.03. The van der Waals surface area contributed by atoms with E-state index in [0.717, 1.165) is 17.2 Å². The Labute approximate surface area is 116 Å². The molecule has 2 aromatic carbocycles. The van der Waals surface area contributed by atoms with E-state index in [1.54, 1.807) is 13.0 Å². The van der Waals surface area contributed by atoms with Crippen molar-refractivity contribution >= 4 is 5.78 Å². The van der Waals surface area contributed by atoms with Gasteiger partial charge in [0.15, 0.2) is 17.3 Å². The van der Waals surface area contributed by atoms with E-state index in [1.807, 2.05) is 0 Å². The largest absolute Gasteiger partial charge is 0.486 e. The second-order valence-corrected chi connectivity index (χ2v) is 4.56. The molecule has 4 heteroatoms. The smallest absolute Gasteiger partial charge is 0.165 e. The standard InChI is InChI=1S/C16H14F2O2/c1-10-7-14(17)5-3-13(10)9-20-16-6-4-12(11(2)19)8-15(16)18/h3-8H,9H2,1-2H3. The molecular formula is C16H14F2O2. The Morgan fingerprint density at radius 1 is 1.15 bits per heavy atom. The predicted molar refractivity (Wildman–Crippen MR) is 71.9 cm³/mol. The first-order valence-corrected chi connectivity index (χ1v) is 6.15. The molecule has 0 spiro atoms. The lowest BCUT2D eigenvalue weighted by Crippen LogP contribution is -2.01. The van der Waals surface area contributed by atoms with Crippen LogP contribution in [0.2, 0.25) is 0 Å². The summed E-state index contributed by atoms with van der Waals surface area (Å²) in [4.78, 5) is 11.1. The third kappa shape index (κ3) is 3.20. The van der Waals surface area contributed by atoms with Crippen LogP contribution in [0.3, 0.4) is 0 Å².